The summed E-state index contributed by atoms with van der Waals surface area (Å²) in [5, 5.41) is 3.55. The summed E-state index contributed by atoms with van der Waals surface area (Å²) < 4.78 is 29.8. The minimum Gasteiger partial charge on any atom is -0.369 e. The molecule has 2 fully saturated rings. The van der Waals surface area contributed by atoms with Crippen LogP contribution in [0.2, 0.25) is 0 Å². The van der Waals surface area contributed by atoms with Gasteiger partial charge >= 0.3 is 0 Å². The zero-order chi connectivity index (χ0) is 15.2. The van der Waals surface area contributed by atoms with Gasteiger partial charge in [-0.25, -0.2) is 8.42 Å². The summed E-state index contributed by atoms with van der Waals surface area (Å²) in [7, 11) is -2.84. The van der Waals surface area contributed by atoms with Crippen LogP contribution in [0.25, 0.3) is 0 Å². The van der Waals surface area contributed by atoms with Crippen LogP contribution in [0, 0.1) is 11.8 Å². The molecule has 4 nitrogen and oxygen atoms in total. The Hall–Kier alpha value is -0.130. The van der Waals surface area contributed by atoms with Crippen LogP contribution in [0.15, 0.2) is 0 Å². The van der Waals surface area contributed by atoms with E-state index >= 15 is 0 Å². The third-order valence-corrected chi connectivity index (χ3v) is 6.59. The van der Waals surface area contributed by atoms with E-state index in [0.29, 0.717) is 17.4 Å². The monoisotopic (exact) mass is 303 g/mol. The molecule has 20 heavy (non-hydrogen) atoms. The predicted molar refractivity (Wildman–Crippen MR) is 81.6 cm³/mol. The third kappa shape index (κ3) is 3.37. The molecule has 2 rings (SSSR count). The van der Waals surface area contributed by atoms with Gasteiger partial charge in [0.15, 0.2) is 9.84 Å². The number of nitrogens with one attached hydrogen (secondary N) is 1. The Bertz CT molecular complexity index is 456. The van der Waals surface area contributed by atoms with Gasteiger partial charge in [-0.2, -0.15) is 0 Å². The molecule has 0 aromatic rings. The molecule has 2 aliphatic rings. The number of hydrogen-bond acceptors (Lipinski definition) is 4. The lowest BCUT2D eigenvalue weighted by Gasteiger charge is -2.36. The molecule has 2 saturated heterocycles. The second-order valence-electron chi connectivity index (χ2n) is 7.52. The van der Waals surface area contributed by atoms with E-state index in [4.69, 9.17) is 4.74 Å². The minimum absolute atomic E-state index is 0.126. The van der Waals surface area contributed by atoms with Gasteiger partial charge in [0.05, 0.1) is 22.7 Å². The maximum Gasteiger partial charge on any atom is 0.150 e. The maximum absolute atomic E-state index is 11.8. The third-order valence-electron chi connectivity index (χ3n) is 4.79. The average molecular weight is 303 g/mol. The maximum atomic E-state index is 11.8. The Morgan fingerprint density at radius 1 is 1.30 bits per heavy atom. The van der Waals surface area contributed by atoms with Gasteiger partial charge in [-0.05, 0) is 53.0 Å². The molecule has 118 valence electrons. The van der Waals surface area contributed by atoms with Crippen LogP contribution in [0.3, 0.4) is 0 Å². The van der Waals surface area contributed by atoms with E-state index in [1.165, 1.54) is 0 Å². The first-order chi connectivity index (χ1) is 9.06. The van der Waals surface area contributed by atoms with Crippen molar-refractivity contribution in [1.82, 2.24) is 5.32 Å². The van der Waals surface area contributed by atoms with E-state index in [0.717, 1.165) is 19.4 Å². The van der Waals surface area contributed by atoms with Gasteiger partial charge in [-0.3, -0.25) is 0 Å². The molecule has 0 amide bonds. The lowest BCUT2D eigenvalue weighted by molar-refractivity contribution is -0.0792. The standard InChI is InChI=1S/C15H29NO3S/c1-6-16-13(11-7-8-20(17,18)10-11)12-9-14(2,3)19-15(12,4)5/h11-13,16H,6-10H2,1-5H3. The van der Waals surface area contributed by atoms with Gasteiger partial charge in [0, 0.05) is 12.0 Å². The van der Waals surface area contributed by atoms with Crippen molar-refractivity contribution in [3.8, 4) is 0 Å². The van der Waals surface area contributed by atoms with E-state index in [1.807, 2.05) is 0 Å². The first-order valence-corrected chi connectivity index (χ1v) is 9.52. The zero-order valence-electron chi connectivity index (χ0n) is 13.4. The lowest BCUT2D eigenvalue weighted by atomic mass is 9.76. The van der Waals surface area contributed by atoms with Gasteiger partial charge in [0.1, 0.15) is 0 Å². The molecule has 3 atom stereocenters. The van der Waals surface area contributed by atoms with Gasteiger partial charge in [-0.1, -0.05) is 6.92 Å². The summed E-state index contributed by atoms with van der Waals surface area (Å²) in [5.41, 5.74) is -0.331. The molecule has 2 aliphatic heterocycles. The van der Waals surface area contributed by atoms with E-state index < -0.39 is 9.84 Å². The molecule has 1 N–H and O–H groups in total. The van der Waals surface area contributed by atoms with Crippen molar-refractivity contribution in [3.63, 3.8) is 0 Å². The molecule has 0 bridgehead atoms. The van der Waals surface area contributed by atoms with Crippen molar-refractivity contribution >= 4 is 9.84 Å². The van der Waals surface area contributed by atoms with Crippen molar-refractivity contribution in [1.29, 1.82) is 0 Å². The highest BCUT2D eigenvalue weighted by Crippen LogP contribution is 2.46. The summed E-state index contributed by atoms with van der Waals surface area (Å²) in [6.45, 7) is 11.5. The van der Waals surface area contributed by atoms with Crippen LogP contribution in [0.5, 0.6) is 0 Å². The highest BCUT2D eigenvalue weighted by molar-refractivity contribution is 7.91. The number of hydrogen-bond donors (Lipinski definition) is 1. The second kappa shape index (κ2) is 5.25. The van der Waals surface area contributed by atoms with Crippen LogP contribution in [0.4, 0.5) is 0 Å². The molecule has 0 aromatic carbocycles. The SMILES string of the molecule is CCNC(C1CCS(=O)(=O)C1)C1CC(C)(C)OC1(C)C. The van der Waals surface area contributed by atoms with Gasteiger partial charge in [-0.15, -0.1) is 0 Å². The molecule has 5 heteroatoms. The van der Waals surface area contributed by atoms with Crippen LogP contribution in [-0.4, -0.2) is 43.7 Å². The molecular formula is C15H29NO3S. The van der Waals surface area contributed by atoms with Crippen LogP contribution < -0.4 is 5.32 Å². The van der Waals surface area contributed by atoms with Crippen LogP contribution in [-0.2, 0) is 14.6 Å². The summed E-state index contributed by atoms with van der Waals surface area (Å²) in [6.07, 6.45) is 1.77. The molecule has 0 saturated carbocycles. The molecule has 3 unspecified atom stereocenters. The van der Waals surface area contributed by atoms with Crippen molar-refractivity contribution in [2.45, 2.75) is 64.7 Å². The Morgan fingerprint density at radius 3 is 2.35 bits per heavy atom. The summed E-state index contributed by atoms with van der Waals surface area (Å²) in [4.78, 5) is 0. The fourth-order valence-electron chi connectivity index (χ4n) is 4.14. The first-order valence-electron chi connectivity index (χ1n) is 7.70. The average Bonchev–Trinajstić information content (AvgIpc) is 2.71. The summed E-state index contributed by atoms with van der Waals surface area (Å²) in [5.74, 6) is 1.26. The minimum atomic E-state index is -2.84. The van der Waals surface area contributed by atoms with E-state index in [-0.39, 0.29) is 23.2 Å². The van der Waals surface area contributed by atoms with Crippen LogP contribution in [0.1, 0.15) is 47.5 Å². The quantitative estimate of drug-likeness (QED) is 0.863. The Morgan fingerprint density at radius 2 is 1.95 bits per heavy atom. The lowest BCUT2D eigenvalue weighted by Crippen LogP contribution is -2.48. The fraction of sp³-hybridized carbons (Fsp3) is 1.00. The molecule has 0 aromatic heterocycles. The Balaban J connectivity index is 2.21. The Labute approximate surface area is 123 Å². The smallest absolute Gasteiger partial charge is 0.150 e. The number of ether oxygens (including phenoxy) is 1. The molecular weight excluding hydrogens is 274 g/mol. The van der Waals surface area contributed by atoms with Gasteiger partial charge in [0.2, 0.25) is 0 Å². The first kappa shape index (κ1) is 16.2. The highest BCUT2D eigenvalue weighted by Gasteiger charge is 2.51. The highest BCUT2D eigenvalue weighted by atomic mass is 32.2. The zero-order valence-corrected chi connectivity index (χ0v) is 14.2. The van der Waals surface area contributed by atoms with Gasteiger partial charge in [0.25, 0.3) is 0 Å². The van der Waals surface area contributed by atoms with Crippen molar-refractivity contribution in [3.05, 3.63) is 0 Å². The van der Waals surface area contributed by atoms with Crippen molar-refractivity contribution in [2.75, 3.05) is 18.1 Å². The van der Waals surface area contributed by atoms with E-state index in [9.17, 15) is 8.42 Å². The molecule has 2 heterocycles. The number of sulfone groups is 1. The summed E-state index contributed by atoms with van der Waals surface area (Å²) in [6, 6.07) is 0.231. The van der Waals surface area contributed by atoms with Gasteiger partial charge < -0.3 is 10.1 Å². The fourth-order valence-corrected chi connectivity index (χ4v) is 6.00. The largest absolute Gasteiger partial charge is 0.369 e. The van der Waals surface area contributed by atoms with E-state index in [1.54, 1.807) is 0 Å². The number of rotatable bonds is 4. The second-order valence-corrected chi connectivity index (χ2v) is 9.75. The Kier molecular flexibility index (Phi) is 4.27. The molecule has 0 spiro atoms. The summed E-state index contributed by atoms with van der Waals surface area (Å²) >= 11 is 0. The molecule has 0 radical (unpaired) electrons. The topological polar surface area (TPSA) is 55.4 Å². The predicted octanol–water partition coefficient (Wildman–Crippen LogP) is 1.99. The normalized spacial score (nSPS) is 36.0. The van der Waals surface area contributed by atoms with Crippen molar-refractivity contribution < 1.29 is 13.2 Å². The van der Waals surface area contributed by atoms with Crippen LogP contribution >= 0.6 is 0 Å². The molecule has 0 aliphatic carbocycles. The van der Waals surface area contributed by atoms with E-state index in [2.05, 4.69) is 39.9 Å². The van der Waals surface area contributed by atoms with Crippen molar-refractivity contribution in [2.24, 2.45) is 11.8 Å².